The smallest absolute Gasteiger partial charge is 0.140 e. The first-order chi connectivity index (χ1) is 6.27. The van der Waals surface area contributed by atoms with E-state index >= 15 is 0 Å². The number of rotatable bonds is 1. The highest BCUT2D eigenvalue weighted by molar-refractivity contribution is 5.63. The van der Waals surface area contributed by atoms with Crippen molar-refractivity contribution in [1.29, 1.82) is 0 Å². The third-order valence-corrected chi connectivity index (χ3v) is 2.45. The van der Waals surface area contributed by atoms with Gasteiger partial charge in [-0.3, -0.25) is 0 Å². The van der Waals surface area contributed by atoms with E-state index in [-0.39, 0.29) is 0 Å². The fourth-order valence-corrected chi connectivity index (χ4v) is 1.77. The first-order valence-electron chi connectivity index (χ1n) is 4.61. The third-order valence-electron chi connectivity index (χ3n) is 2.45. The van der Waals surface area contributed by atoms with Crippen molar-refractivity contribution in [2.75, 3.05) is 23.7 Å². The summed E-state index contributed by atoms with van der Waals surface area (Å²) < 4.78 is 0. The van der Waals surface area contributed by atoms with E-state index < -0.39 is 0 Å². The van der Waals surface area contributed by atoms with Gasteiger partial charge in [-0.2, -0.15) is 0 Å². The topological polar surface area (TPSA) is 49.5 Å². The fraction of sp³-hybridized carbons (Fsp3) is 0.400. The number of phenolic OH excluding ortho intramolecular Hbond substituents is 1. The molecule has 0 aromatic heterocycles. The van der Waals surface area contributed by atoms with E-state index in [9.17, 15) is 5.11 Å². The molecule has 13 heavy (non-hydrogen) atoms. The monoisotopic (exact) mass is 178 g/mol. The predicted octanol–water partition coefficient (Wildman–Crippen LogP) is 1.57. The summed E-state index contributed by atoms with van der Waals surface area (Å²) in [6.45, 7) is 2.08. The van der Waals surface area contributed by atoms with Crippen LogP contribution in [0.4, 0.5) is 11.4 Å². The molecule has 2 rings (SSSR count). The van der Waals surface area contributed by atoms with Crippen molar-refractivity contribution >= 4 is 11.4 Å². The number of benzene rings is 1. The lowest BCUT2D eigenvalue weighted by atomic mass is 10.2. The second-order valence-electron chi connectivity index (χ2n) is 3.44. The molecule has 1 aliphatic heterocycles. The lowest BCUT2D eigenvalue weighted by Gasteiger charge is -2.18. The zero-order valence-electron chi connectivity index (χ0n) is 7.53. The Kier molecular flexibility index (Phi) is 2.00. The minimum atomic E-state index is 0.293. The summed E-state index contributed by atoms with van der Waals surface area (Å²) in [7, 11) is 0. The molecule has 0 aliphatic carbocycles. The maximum atomic E-state index is 9.63. The van der Waals surface area contributed by atoms with Crippen LogP contribution in [0.2, 0.25) is 0 Å². The molecule has 0 bridgehead atoms. The Hall–Kier alpha value is -1.38. The molecule has 3 heteroatoms. The van der Waals surface area contributed by atoms with Crippen LogP contribution in [0.5, 0.6) is 5.75 Å². The van der Waals surface area contributed by atoms with E-state index in [1.54, 1.807) is 6.07 Å². The summed E-state index contributed by atoms with van der Waals surface area (Å²) >= 11 is 0. The average molecular weight is 178 g/mol. The van der Waals surface area contributed by atoms with E-state index in [2.05, 4.69) is 4.90 Å². The standard InChI is InChI=1S/C10H14N2O/c11-8-3-4-9(10(13)7-8)12-5-1-2-6-12/h3-4,7,13H,1-2,5-6,11H2. The van der Waals surface area contributed by atoms with Gasteiger partial charge in [-0.05, 0) is 25.0 Å². The number of hydrogen-bond acceptors (Lipinski definition) is 3. The largest absolute Gasteiger partial charge is 0.506 e. The first kappa shape index (κ1) is 8.23. The number of nitrogens with two attached hydrogens (primary N) is 1. The molecule has 1 aromatic carbocycles. The summed E-state index contributed by atoms with van der Waals surface area (Å²) in [4.78, 5) is 2.19. The molecule has 3 nitrogen and oxygen atoms in total. The van der Waals surface area contributed by atoms with Gasteiger partial charge in [0.05, 0.1) is 5.69 Å². The number of anilines is 2. The quantitative estimate of drug-likeness (QED) is 0.642. The average Bonchev–Trinajstić information content (AvgIpc) is 2.56. The van der Waals surface area contributed by atoms with E-state index in [0.29, 0.717) is 11.4 Å². The van der Waals surface area contributed by atoms with E-state index in [1.807, 2.05) is 12.1 Å². The molecule has 0 radical (unpaired) electrons. The van der Waals surface area contributed by atoms with Crippen molar-refractivity contribution in [2.24, 2.45) is 0 Å². The molecule has 1 saturated heterocycles. The van der Waals surface area contributed by atoms with Gasteiger partial charge in [-0.15, -0.1) is 0 Å². The van der Waals surface area contributed by atoms with Crippen molar-refractivity contribution in [2.45, 2.75) is 12.8 Å². The van der Waals surface area contributed by atoms with Gasteiger partial charge in [0.1, 0.15) is 5.75 Å². The molecule has 1 fully saturated rings. The van der Waals surface area contributed by atoms with Gasteiger partial charge in [-0.1, -0.05) is 0 Å². The highest BCUT2D eigenvalue weighted by Gasteiger charge is 2.15. The minimum absolute atomic E-state index is 0.293. The molecule has 70 valence electrons. The summed E-state index contributed by atoms with van der Waals surface area (Å²) in [6.07, 6.45) is 2.42. The Morgan fingerprint density at radius 1 is 1.23 bits per heavy atom. The number of aromatic hydroxyl groups is 1. The van der Waals surface area contributed by atoms with Crippen molar-refractivity contribution in [1.82, 2.24) is 0 Å². The molecule has 1 heterocycles. The Bertz CT molecular complexity index is 306. The summed E-state index contributed by atoms with van der Waals surface area (Å²) in [6, 6.07) is 5.32. The summed E-state index contributed by atoms with van der Waals surface area (Å²) in [5, 5.41) is 9.63. The maximum absolute atomic E-state index is 9.63. The first-order valence-corrected chi connectivity index (χ1v) is 4.61. The number of nitrogens with zero attached hydrogens (tertiary/aromatic N) is 1. The normalized spacial score (nSPS) is 16.5. The van der Waals surface area contributed by atoms with E-state index in [4.69, 9.17) is 5.73 Å². The van der Waals surface area contributed by atoms with Crippen LogP contribution in [0, 0.1) is 0 Å². The van der Waals surface area contributed by atoms with E-state index in [0.717, 1.165) is 18.8 Å². The second-order valence-corrected chi connectivity index (χ2v) is 3.44. The van der Waals surface area contributed by atoms with Gasteiger partial charge in [0, 0.05) is 24.8 Å². The molecule has 0 amide bonds. The second kappa shape index (κ2) is 3.17. The van der Waals surface area contributed by atoms with Gasteiger partial charge >= 0.3 is 0 Å². The zero-order valence-corrected chi connectivity index (χ0v) is 7.53. The molecule has 1 aromatic rings. The van der Waals surface area contributed by atoms with Gasteiger partial charge < -0.3 is 15.7 Å². The van der Waals surface area contributed by atoms with Crippen molar-refractivity contribution in [3.8, 4) is 5.75 Å². The molecule has 0 saturated carbocycles. The van der Waals surface area contributed by atoms with Gasteiger partial charge in [0.15, 0.2) is 0 Å². The lowest BCUT2D eigenvalue weighted by Crippen LogP contribution is -2.17. The van der Waals surface area contributed by atoms with Gasteiger partial charge in [-0.25, -0.2) is 0 Å². The zero-order chi connectivity index (χ0) is 9.26. The number of hydrogen-bond donors (Lipinski definition) is 2. The summed E-state index contributed by atoms with van der Waals surface area (Å²) in [5.41, 5.74) is 7.07. The number of nitrogen functional groups attached to an aromatic ring is 1. The highest BCUT2D eigenvalue weighted by Crippen LogP contribution is 2.31. The highest BCUT2D eigenvalue weighted by atomic mass is 16.3. The predicted molar refractivity (Wildman–Crippen MR) is 54.0 cm³/mol. The van der Waals surface area contributed by atoms with Crippen molar-refractivity contribution in [3.05, 3.63) is 18.2 Å². The van der Waals surface area contributed by atoms with Crippen LogP contribution >= 0.6 is 0 Å². The van der Waals surface area contributed by atoms with Crippen LogP contribution in [0.3, 0.4) is 0 Å². The third kappa shape index (κ3) is 1.54. The minimum Gasteiger partial charge on any atom is -0.506 e. The molecular formula is C10H14N2O. The Morgan fingerprint density at radius 3 is 2.54 bits per heavy atom. The molecule has 3 N–H and O–H groups in total. The fourth-order valence-electron chi connectivity index (χ4n) is 1.77. The Morgan fingerprint density at radius 2 is 1.92 bits per heavy atom. The van der Waals surface area contributed by atoms with Crippen LogP contribution in [0.25, 0.3) is 0 Å². The molecular weight excluding hydrogens is 164 g/mol. The van der Waals surface area contributed by atoms with Crippen LogP contribution in [0.15, 0.2) is 18.2 Å². The van der Waals surface area contributed by atoms with Crippen LogP contribution in [-0.4, -0.2) is 18.2 Å². The lowest BCUT2D eigenvalue weighted by molar-refractivity contribution is 0.475. The molecule has 1 aliphatic rings. The van der Waals surface area contributed by atoms with Gasteiger partial charge in [0.25, 0.3) is 0 Å². The van der Waals surface area contributed by atoms with Crippen LogP contribution < -0.4 is 10.6 Å². The van der Waals surface area contributed by atoms with Crippen LogP contribution in [-0.2, 0) is 0 Å². The molecule has 0 atom stereocenters. The van der Waals surface area contributed by atoms with Crippen molar-refractivity contribution < 1.29 is 5.11 Å². The number of phenols is 1. The van der Waals surface area contributed by atoms with E-state index in [1.165, 1.54) is 12.8 Å². The Labute approximate surface area is 77.8 Å². The Balaban J connectivity index is 2.29. The SMILES string of the molecule is Nc1ccc(N2CCCC2)c(O)c1. The summed E-state index contributed by atoms with van der Waals surface area (Å²) in [5.74, 6) is 0.293. The van der Waals surface area contributed by atoms with Gasteiger partial charge in [0.2, 0.25) is 0 Å². The molecule has 0 unspecified atom stereocenters. The maximum Gasteiger partial charge on any atom is 0.140 e. The van der Waals surface area contributed by atoms with Crippen molar-refractivity contribution in [3.63, 3.8) is 0 Å². The molecule has 0 spiro atoms. The van der Waals surface area contributed by atoms with Crippen LogP contribution in [0.1, 0.15) is 12.8 Å².